The van der Waals surface area contributed by atoms with Gasteiger partial charge in [-0.05, 0) is 14.1 Å². The Balaban J connectivity index is 0.000000181. The van der Waals surface area contributed by atoms with Crippen LogP contribution in [-0.4, -0.2) is 56.7 Å². The molecule has 0 aliphatic carbocycles. The van der Waals surface area contributed by atoms with Crippen molar-refractivity contribution in [2.24, 2.45) is 0 Å². The molecule has 2 fully saturated rings. The number of ketones is 1. The summed E-state index contributed by atoms with van der Waals surface area (Å²) in [5.41, 5.74) is -0.347. The van der Waals surface area contributed by atoms with E-state index in [4.69, 9.17) is 14.7 Å². The molecule has 1 atom stereocenters. The summed E-state index contributed by atoms with van der Waals surface area (Å²) in [6, 6.07) is 2.28. The second kappa shape index (κ2) is 5.94. The van der Waals surface area contributed by atoms with E-state index >= 15 is 0 Å². The predicted octanol–water partition coefficient (Wildman–Crippen LogP) is 0.206. The van der Waals surface area contributed by atoms with Crippen molar-refractivity contribution in [1.82, 2.24) is 4.90 Å². The Morgan fingerprint density at radius 1 is 1.38 bits per heavy atom. The molecule has 0 saturated carbocycles. The third kappa shape index (κ3) is 3.27. The lowest BCUT2D eigenvalue weighted by Crippen LogP contribution is -2.43. The molecule has 1 unspecified atom stereocenters. The topological polar surface area (TPSA) is 62.6 Å². The van der Waals surface area contributed by atoms with Crippen molar-refractivity contribution in [3.63, 3.8) is 0 Å². The van der Waals surface area contributed by atoms with E-state index in [0.717, 1.165) is 6.42 Å². The van der Waals surface area contributed by atoms with Gasteiger partial charge < -0.3 is 9.47 Å². The Hall–Kier alpha value is -0.960. The van der Waals surface area contributed by atoms with Gasteiger partial charge >= 0.3 is 0 Å². The Morgan fingerprint density at radius 2 is 2.12 bits per heavy atom. The van der Waals surface area contributed by atoms with Crippen LogP contribution in [0.2, 0.25) is 0 Å². The minimum Gasteiger partial charge on any atom is -0.378 e. The smallest absolute Gasteiger partial charge is 0.160 e. The van der Waals surface area contributed by atoms with E-state index in [9.17, 15) is 4.79 Å². The highest BCUT2D eigenvalue weighted by molar-refractivity contribution is 5.81. The number of hydrogen-bond acceptors (Lipinski definition) is 5. The van der Waals surface area contributed by atoms with E-state index < -0.39 is 0 Å². The first-order valence-corrected chi connectivity index (χ1v) is 5.36. The molecule has 2 aliphatic rings. The molecule has 0 amide bonds. The molecule has 0 bridgehead atoms. The fraction of sp³-hybridized carbons (Fsp3) is 0.818. The molecule has 16 heavy (non-hydrogen) atoms. The van der Waals surface area contributed by atoms with Crippen LogP contribution in [0, 0.1) is 11.3 Å². The first kappa shape index (κ1) is 13.1. The number of Topliss-reactive ketones (excluding diaryl/α,β-unsaturated/α-hetero) is 1. The molecule has 2 heterocycles. The summed E-state index contributed by atoms with van der Waals surface area (Å²) in [6.45, 7) is 2.25. The first-order valence-electron chi connectivity index (χ1n) is 5.36. The van der Waals surface area contributed by atoms with E-state index in [1.165, 1.54) is 0 Å². The minimum atomic E-state index is -0.347. The molecule has 2 rings (SSSR count). The monoisotopic (exact) mass is 226 g/mol. The van der Waals surface area contributed by atoms with Gasteiger partial charge in [0.15, 0.2) is 5.78 Å². The molecule has 0 aromatic rings. The molecule has 0 radical (unpaired) electrons. The molecule has 0 spiro atoms. The molecular weight excluding hydrogens is 208 g/mol. The van der Waals surface area contributed by atoms with Gasteiger partial charge in [0, 0.05) is 19.4 Å². The Morgan fingerprint density at radius 3 is 2.31 bits per heavy atom. The van der Waals surface area contributed by atoms with Crippen LogP contribution in [0.1, 0.15) is 12.8 Å². The van der Waals surface area contributed by atoms with E-state index in [1.54, 1.807) is 0 Å². The predicted molar refractivity (Wildman–Crippen MR) is 57.9 cm³/mol. The average Bonchev–Trinajstić information content (AvgIpc) is 2.89. The van der Waals surface area contributed by atoms with Gasteiger partial charge in [-0.2, -0.15) is 5.26 Å². The average molecular weight is 226 g/mol. The quantitative estimate of drug-likeness (QED) is 0.639. The normalized spacial score (nSPS) is 28.8. The molecule has 5 heteroatoms. The number of carbonyl (C=O) groups excluding carboxylic acids is 1. The summed E-state index contributed by atoms with van der Waals surface area (Å²) in [5, 5.41) is 8.82. The molecule has 2 saturated heterocycles. The molecular formula is C11H18N2O3. The van der Waals surface area contributed by atoms with Crippen LogP contribution in [0.3, 0.4) is 0 Å². The second-order valence-corrected chi connectivity index (χ2v) is 4.18. The van der Waals surface area contributed by atoms with Crippen molar-refractivity contribution in [3.05, 3.63) is 0 Å². The number of rotatable bonds is 1. The van der Waals surface area contributed by atoms with Crippen LogP contribution < -0.4 is 0 Å². The number of ether oxygens (including phenoxy) is 2. The van der Waals surface area contributed by atoms with Gasteiger partial charge in [0.05, 0.1) is 19.3 Å². The molecule has 0 N–H and O–H groups in total. The Labute approximate surface area is 95.9 Å². The molecule has 0 aromatic heterocycles. The Bertz CT molecular complexity index is 269. The summed E-state index contributed by atoms with van der Waals surface area (Å²) in [7, 11) is 3.83. The fourth-order valence-corrected chi connectivity index (χ4v) is 1.54. The van der Waals surface area contributed by atoms with Crippen molar-refractivity contribution >= 4 is 5.78 Å². The number of likely N-dealkylation sites (N-methyl/N-ethyl adjacent to an activating group) is 1. The van der Waals surface area contributed by atoms with Crippen molar-refractivity contribution in [1.29, 1.82) is 5.26 Å². The summed E-state index contributed by atoms with van der Waals surface area (Å²) >= 11 is 0. The largest absolute Gasteiger partial charge is 0.378 e. The van der Waals surface area contributed by atoms with E-state index in [0.29, 0.717) is 32.8 Å². The highest BCUT2D eigenvalue weighted by Crippen LogP contribution is 2.22. The minimum absolute atomic E-state index is 0.231. The highest BCUT2D eigenvalue weighted by atomic mass is 16.5. The maximum Gasteiger partial charge on any atom is 0.160 e. The van der Waals surface area contributed by atoms with Gasteiger partial charge in [-0.15, -0.1) is 0 Å². The maximum atomic E-state index is 10.1. The lowest BCUT2D eigenvalue weighted by atomic mass is 10.00. The van der Waals surface area contributed by atoms with Crippen LogP contribution in [0.4, 0.5) is 0 Å². The van der Waals surface area contributed by atoms with Crippen LogP contribution in [0.15, 0.2) is 0 Å². The zero-order chi connectivity index (χ0) is 12.0. The summed E-state index contributed by atoms with van der Waals surface area (Å²) in [6.07, 6.45) is 1.45. The van der Waals surface area contributed by atoms with Crippen molar-refractivity contribution in [3.8, 4) is 6.07 Å². The molecule has 90 valence electrons. The Kier molecular flexibility index (Phi) is 4.87. The zero-order valence-electron chi connectivity index (χ0n) is 9.86. The van der Waals surface area contributed by atoms with Gasteiger partial charge in [-0.25, -0.2) is 0 Å². The molecule has 0 aromatic carbocycles. The fourth-order valence-electron chi connectivity index (χ4n) is 1.54. The third-order valence-corrected chi connectivity index (χ3v) is 2.85. The number of nitriles is 1. The van der Waals surface area contributed by atoms with Crippen LogP contribution in [0.5, 0.6) is 0 Å². The van der Waals surface area contributed by atoms with E-state index in [2.05, 4.69) is 6.07 Å². The molecule has 2 aliphatic heterocycles. The maximum absolute atomic E-state index is 10.1. The van der Waals surface area contributed by atoms with Gasteiger partial charge in [0.2, 0.25) is 0 Å². The van der Waals surface area contributed by atoms with Gasteiger partial charge in [-0.3, -0.25) is 9.69 Å². The summed E-state index contributed by atoms with van der Waals surface area (Å²) in [5.74, 6) is 0.231. The lowest BCUT2D eigenvalue weighted by molar-refractivity contribution is -0.117. The number of carbonyl (C=O) groups is 1. The van der Waals surface area contributed by atoms with Crippen molar-refractivity contribution < 1.29 is 14.3 Å². The van der Waals surface area contributed by atoms with Crippen LogP contribution in [0.25, 0.3) is 0 Å². The highest BCUT2D eigenvalue weighted by Gasteiger charge is 2.37. The van der Waals surface area contributed by atoms with E-state index in [-0.39, 0.29) is 11.3 Å². The number of nitrogens with zero attached hydrogens (tertiary/aromatic N) is 2. The van der Waals surface area contributed by atoms with Gasteiger partial charge in [0.1, 0.15) is 12.1 Å². The van der Waals surface area contributed by atoms with Gasteiger partial charge in [-0.1, -0.05) is 0 Å². The van der Waals surface area contributed by atoms with E-state index in [1.807, 2.05) is 19.0 Å². The zero-order valence-corrected chi connectivity index (χ0v) is 9.86. The van der Waals surface area contributed by atoms with Crippen LogP contribution in [-0.2, 0) is 14.3 Å². The van der Waals surface area contributed by atoms with Crippen molar-refractivity contribution in [2.45, 2.75) is 18.4 Å². The van der Waals surface area contributed by atoms with Crippen molar-refractivity contribution in [2.75, 3.05) is 40.5 Å². The first-order chi connectivity index (χ1) is 7.60. The molecule has 5 nitrogen and oxygen atoms in total. The summed E-state index contributed by atoms with van der Waals surface area (Å²) in [4.78, 5) is 12.0. The second-order valence-electron chi connectivity index (χ2n) is 4.18. The van der Waals surface area contributed by atoms with Gasteiger partial charge in [0.25, 0.3) is 0 Å². The lowest BCUT2D eigenvalue weighted by Gasteiger charge is -2.26. The number of hydrogen-bond donors (Lipinski definition) is 0. The summed E-state index contributed by atoms with van der Waals surface area (Å²) < 4.78 is 9.86. The standard InChI is InChI=1S/C7H12N2O.C4H6O2/c1-9(2)7(5-8)3-4-10-6-7;5-4-1-2-6-3-4/h3-4,6H2,1-2H3;1-3H2. The third-order valence-electron chi connectivity index (χ3n) is 2.85. The SMILES string of the molecule is CN(C)C1(C#N)CCOC1.O=C1CCOC1. The van der Waals surface area contributed by atoms with Crippen LogP contribution >= 0.6 is 0 Å².